The topological polar surface area (TPSA) is 9.23 Å². The minimum atomic E-state index is -2.64. The number of hydrogen-bond acceptors (Lipinski definition) is 1. The zero-order valence-electron chi connectivity index (χ0n) is 7.73. The molecule has 1 radical (unpaired) electrons. The van der Waals surface area contributed by atoms with Crippen LogP contribution in [0.25, 0.3) is 0 Å². The third kappa shape index (κ3) is 1.94. The Bertz CT molecular complexity index is 156. The minimum Gasteiger partial charge on any atom is -0.322 e. The van der Waals surface area contributed by atoms with Gasteiger partial charge in [0.25, 0.3) is 0 Å². The van der Waals surface area contributed by atoms with Crippen LogP contribution >= 0.6 is 0 Å². The van der Waals surface area contributed by atoms with Crippen LogP contribution in [0.5, 0.6) is 0 Å². The first kappa shape index (κ1) is 9.90. The molecule has 12 heavy (non-hydrogen) atoms. The van der Waals surface area contributed by atoms with E-state index in [9.17, 15) is 8.78 Å². The average Bonchev–Trinajstić information content (AvgIpc) is 2.60. The summed E-state index contributed by atoms with van der Waals surface area (Å²) in [6.45, 7) is 3.65. The number of hydrogen-bond donors (Lipinski definition) is 0. The molecule has 1 atom stereocenters. The van der Waals surface area contributed by atoms with E-state index < -0.39 is 6.61 Å². The van der Waals surface area contributed by atoms with Gasteiger partial charge < -0.3 is 4.74 Å². The van der Waals surface area contributed by atoms with E-state index >= 15 is 0 Å². The van der Waals surface area contributed by atoms with Crippen molar-refractivity contribution in [1.29, 1.82) is 0 Å². The maximum atomic E-state index is 11.7. The summed E-state index contributed by atoms with van der Waals surface area (Å²) in [6, 6.07) is 0. The summed E-state index contributed by atoms with van der Waals surface area (Å²) >= 11 is 0. The molecule has 0 N–H and O–H groups in total. The molecule has 0 bridgehead atoms. The van der Waals surface area contributed by atoms with E-state index in [0.29, 0.717) is 0 Å². The second-order valence-corrected chi connectivity index (χ2v) is 4.39. The Morgan fingerprint density at radius 2 is 2.00 bits per heavy atom. The zero-order chi connectivity index (χ0) is 9.41. The summed E-state index contributed by atoms with van der Waals surface area (Å²) in [6.07, 6.45) is 2.94. The zero-order valence-corrected chi connectivity index (χ0v) is 7.73. The molecule has 0 aromatic heterocycles. The molecule has 0 aromatic rings. The molecular formula is C9H15F2O. The standard InChI is InChI=1S/C9H15F2O/c1-8(2,3)9(4-5-9)6-12-7(10)11/h4,7H,5-6H2,1-3H3. The number of halogens is 2. The van der Waals surface area contributed by atoms with Crippen molar-refractivity contribution in [2.45, 2.75) is 33.8 Å². The van der Waals surface area contributed by atoms with E-state index in [2.05, 4.69) is 11.2 Å². The number of alkyl halides is 2. The summed E-state index contributed by atoms with van der Waals surface area (Å²) < 4.78 is 27.8. The first-order chi connectivity index (χ1) is 5.37. The van der Waals surface area contributed by atoms with Crippen LogP contribution in [0.2, 0.25) is 0 Å². The van der Waals surface area contributed by atoms with E-state index in [-0.39, 0.29) is 17.4 Å². The van der Waals surface area contributed by atoms with Crippen LogP contribution in [0.15, 0.2) is 0 Å². The fourth-order valence-electron chi connectivity index (χ4n) is 1.28. The molecule has 0 amide bonds. The lowest BCUT2D eigenvalue weighted by atomic mass is 9.78. The van der Waals surface area contributed by atoms with Crippen molar-refractivity contribution >= 4 is 0 Å². The van der Waals surface area contributed by atoms with Crippen molar-refractivity contribution in [1.82, 2.24) is 0 Å². The highest BCUT2D eigenvalue weighted by Crippen LogP contribution is 2.57. The van der Waals surface area contributed by atoms with Crippen molar-refractivity contribution in [2.24, 2.45) is 10.8 Å². The van der Waals surface area contributed by atoms with Crippen LogP contribution in [0, 0.1) is 17.3 Å². The Labute approximate surface area is 72.1 Å². The van der Waals surface area contributed by atoms with Crippen LogP contribution in [0.3, 0.4) is 0 Å². The Kier molecular flexibility index (Phi) is 2.43. The van der Waals surface area contributed by atoms with Crippen molar-refractivity contribution in [3.63, 3.8) is 0 Å². The van der Waals surface area contributed by atoms with Crippen LogP contribution in [0.4, 0.5) is 8.78 Å². The van der Waals surface area contributed by atoms with Gasteiger partial charge in [0.1, 0.15) is 0 Å². The van der Waals surface area contributed by atoms with Crippen molar-refractivity contribution in [3.05, 3.63) is 6.42 Å². The Balaban J connectivity index is 2.40. The first-order valence-corrected chi connectivity index (χ1v) is 4.11. The summed E-state index contributed by atoms with van der Waals surface area (Å²) in [5.41, 5.74) is -0.0781. The summed E-state index contributed by atoms with van der Waals surface area (Å²) in [4.78, 5) is 0. The molecule has 0 spiro atoms. The van der Waals surface area contributed by atoms with Crippen LogP contribution < -0.4 is 0 Å². The normalized spacial score (nSPS) is 21.5. The second kappa shape index (κ2) is 2.95. The van der Waals surface area contributed by atoms with Gasteiger partial charge in [0.05, 0.1) is 6.61 Å². The summed E-state index contributed by atoms with van der Waals surface area (Å²) in [7, 11) is 0. The van der Waals surface area contributed by atoms with Gasteiger partial charge >= 0.3 is 6.61 Å². The molecule has 71 valence electrons. The summed E-state index contributed by atoms with van der Waals surface area (Å²) in [5.74, 6) is 0. The van der Waals surface area contributed by atoms with Gasteiger partial charge in [-0.2, -0.15) is 8.78 Å². The SMILES string of the molecule is CC(C)(C)C1(COC(F)F)[CH]C1. The fourth-order valence-corrected chi connectivity index (χ4v) is 1.28. The Morgan fingerprint density at radius 3 is 2.25 bits per heavy atom. The maximum Gasteiger partial charge on any atom is 0.345 e. The van der Waals surface area contributed by atoms with Gasteiger partial charge in [-0.05, 0) is 18.3 Å². The van der Waals surface area contributed by atoms with Crippen molar-refractivity contribution in [2.75, 3.05) is 6.61 Å². The van der Waals surface area contributed by atoms with E-state index in [0.717, 1.165) is 6.42 Å². The van der Waals surface area contributed by atoms with Gasteiger partial charge in [0.15, 0.2) is 0 Å². The van der Waals surface area contributed by atoms with Crippen LogP contribution in [-0.2, 0) is 4.74 Å². The third-order valence-corrected chi connectivity index (χ3v) is 2.66. The van der Waals surface area contributed by atoms with E-state index in [1.807, 2.05) is 20.8 Å². The van der Waals surface area contributed by atoms with E-state index in [1.54, 1.807) is 0 Å². The van der Waals surface area contributed by atoms with Gasteiger partial charge in [-0.1, -0.05) is 20.8 Å². The lowest BCUT2D eigenvalue weighted by molar-refractivity contribution is -0.148. The van der Waals surface area contributed by atoms with Crippen LogP contribution in [0.1, 0.15) is 27.2 Å². The van der Waals surface area contributed by atoms with E-state index in [4.69, 9.17) is 0 Å². The number of ether oxygens (including phenoxy) is 1. The smallest absolute Gasteiger partial charge is 0.322 e. The van der Waals surface area contributed by atoms with Crippen molar-refractivity contribution < 1.29 is 13.5 Å². The lowest BCUT2D eigenvalue weighted by Crippen LogP contribution is -2.28. The predicted molar refractivity (Wildman–Crippen MR) is 42.8 cm³/mol. The highest BCUT2D eigenvalue weighted by Gasteiger charge is 2.52. The van der Waals surface area contributed by atoms with Crippen molar-refractivity contribution in [3.8, 4) is 0 Å². The van der Waals surface area contributed by atoms with Crippen LogP contribution in [-0.4, -0.2) is 13.2 Å². The molecule has 0 aliphatic heterocycles. The molecular weight excluding hydrogens is 162 g/mol. The minimum absolute atomic E-state index is 0.0297. The molecule has 0 saturated heterocycles. The molecule has 1 aliphatic rings. The quantitative estimate of drug-likeness (QED) is 0.644. The molecule has 0 aromatic carbocycles. The van der Waals surface area contributed by atoms with Gasteiger partial charge in [0.2, 0.25) is 0 Å². The second-order valence-electron chi connectivity index (χ2n) is 4.39. The van der Waals surface area contributed by atoms with Gasteiger partial charge in [-0.15, -0.1) is 0 Å². The highest BCUT2D eigenvalue weighted by molar-refractivity contribution is 5.16. The van der Waals surface area contributed by atoms with E-state index in [1.165, 1.54) is 0 Å². The fraction of sp³-hybridized carbons (Fsp3) is 0.889. The molecule has 1 saturated carbocycles. The monoisotopic (exact) mass is 177 g/mol. The molecule has 1 unspecified atom stereocenters. The van der Waals surface area contributed by atoms with Gasteiger partial charge in [0, 0.05) is 5.41 Å². The third-order valence-electron chi connectivity index (χ3n) is 2.66. The molecule has 1 aliphatic carbocycles. The molecule has 1 fully saturated rings. The molecule has 3 heteroatoms. The van der Waals surface area contributed by atoms with Gasteiger partial charge in [-0.3, -0.25) is 0 Å². The Morgan fingerprint density at radius 1 is 1.50 bits per heavy atom. The predicted octanol–water partition coefficient (Wildman–Crippen LogP) is 2.87. The molecule has 1 nitrogen and oxygen atoms in total. The molecule has 0 heterocycles. The molecule has 1 rings (SSSR count). The lowest BCUT2D eigenvalue weighted by Gasteiger charge is -2.30. The number of rotatable bonds is 3. The Hall–Kier alpha value is -0.180. The largest absolute Gasteiger partial charge is 0.345 e. The van der Waals surface area contributed by atoms with Gasteiger partial charge in [-0.25, -0.2) is 0 Å². The maximum absolute atomic E-state index is 11.7. The summed E-state index contributed by atoms with van der Waals surface area (Å²) in [5, 5.41) is 0. The first-order valence-electron chi connectivity index (χ1n) is 4.11. The average molecular weight is 177 g/mol. The highest BCUT2D eigenvalue weighted by atomic mass is 19.3.